The number of hydrogen-bond acceptors (Lipinski definition) is 4. The van der Waals surface area contributed by atoms with E-state index in [4.69, 9.17) is 0 Å². The molecule has 2 saturated heterocycles. The van der Waals surface area contributed by atoms with E-state index in [9.17, 15) is 9.90 Å². The second-order valence-electron chi connectivity index (χ2n) is 8.65. The Bertz CT molecular complexity index is 840. The van der Waals surface area contributed by atoms with Crippen molar-refractivity contribution in [3.63, 3.8) is 0 Å². The van der Waals surface area contributed by atoms with Crippen LogP contribution in [0.1, 0.15) is 41.4 Å². The molecule has 6 heteroatoms. The topological polar surface area (TPSA) is 61.6 Å². The lowest BCUT2D eigenvalue weighted by atomic mass is 9.71. The number of carbonyl (C=O) groups is 1. The predicted octanol–water partition coefficient (Wildman–Crippen LogP) is 2.56. The van der Waals surface area contributed by atoms with Gasteiger partial charge >= 0.3 is 0 Å². The lowest BCUT2D eigenvalue weighted by molar-refractivity contribution is 0.0401. The van der Waals surface area contributed by atoms with Crippen LogP contribution in [0, 0.1) is 18.3 Å². The molecule has 1 atom stereocenters. The van der Waals surface area contributed by atoms with Gasteiger partial charge in [-0.3, -0.25) is 14.4 Å². The van der Waals surface area contributed by atoms with Gasteiger partial charge in [0.05, 0.1) is 11.8 Å². The van der Waals surface area contributed by atoms with Crippen molar-refractivity contribution in [2.75, 3.05) is 32.8 Å². The number of hydrogen-bond donors (Lipinski definition) is 1. The third kappa shape index (κ3) is 3.83. The molecular weight excluding hydrogens is 364 g/mol. The SMILES string of the molecule is CCn1ncc(C(=O)N2CCC3(CC2)CN(Cc2ccccc2)CC3CO)c1C. The molecular formula is C23H32N4O2. The summed E-state index contributed by atoms with van der Waals surface area (Å²) in [6, 6.07) is 10.5. The van der Waals surface area contributed by atoms with Crippen molar-refractivity contribution >= 4 is 5.91 Å². The molecule has 1 spiro atoms. The van der Waals surface area contributed by atoms with E-state index in [1.807, 2.05) is 29.5 Å². The Morgan fingerprint density at radius 2 is 1.97 bits per heavy atom. The number of nitrogens with zero attached hydrogens (tertiary/aromatic N) is 4. The van der Waals surface area contributed by atoms with Crippen molar-refractivity contribution in [1.82, 2.24) is 19.6 Å². The van der Waals surface area contributed by atoms with E-state index >= 15 is 0 Å². The Labute approximate surface area is 173 Å². The zero-order chi connectivity index (χ0) is 20.4. The molecule has 2 aliphatic heterocycles. The van der Waals surface area contributed by atoms with Gasteiger partial charge < -0.3 is 10.0 Å². The summed E-state index contributed by atoms with van der Waals surface area (Å²) in [6.45, 7) is 9.38. The van der Waals surface area contributed by atoms with Crippen LogP contribution in [0.15, 0.2) is 36.5 Å². The molecule has 29 heavy (non-hydrogen) atoms. The summed E-state index contributed by atoms with van der Waals surface area (Å²) in [5.41, 5.74) is 3.10. The monoisotopic (exact) mass is 396 g/mol. The minimum absolute atomic E-state index is 0.0942. The van der Waals surface area contributed by atoms with Gasteiger partial charge in [-0.15, -0.1) is 0 Å². The lowest BCUT2D eigenvalue weighted by Crippen LogP contribution is -2.47. The fourth-order valence-electron chi connectivity index (χ4n) is 5.22. The Kier molecular flexibility index (Phi) is 5.74. The molecule has 1 N–H and O–H groups in total. The normalized spacial score (nSPS) is 21.8. The van der Waals surface area contributed by atoms with Crippen LogP contribution >= 0.6 is 0 Å². The molecule has 0 aliphatic carbocycles. The summed E-state index contributed by atoms with van der Waals surface area (Å²) in [5.74, 6) is 0.379. The van der Waals surface area contributed by atoms with Crippen molar-refractivity contribution in [2.45, 2.75) is 39.8 Å². The molecule has 0 saturated carbocycles. The molecule has 1 amide bonds. The number of amides is 1. The molecule has 2 aliphatic rings. The Morgan fingerprint density at radius 3 is 2.59 bits per heavy atom. The van der Waals surface area contributed by atoms with Gasteiger partial charge in [0, 0.05) is 57.5 Å². The quantitative estimate of drug-likeness (QED) is 0.844. The summed E-state index contributed by atoms with van der Waals surface area (Å²) < 4.78 is 1.87. The molecule has 0 radical (unpaired) electrons. The summed E-state index contributed by atoms with van der Waals surface area (Å²) in [7, 11) is 0. The van der Waals surface area contributed by atoms with Crippen LogP contribution < -0.4 is 0 Å². The lowest BCUT2D eigenvalue weighted by Gasteiger charge is -2.42. The second kappa shape index (κ2) is 8.28. The number of benzene rings is 1. The summed E-state index contributed by atoms with van der Waals surface area (Å²) >= 11 is 0. The number of aryl methyl sites for hydroxylation is 1. The van der Waals surface area contributed by atoms with E-state index in [0.29, 0.717) is 0 Å². The number of piperidine rings is 1. The van der Waals surface area contributed by atoms with E-state index in [1.54, 1.807) is 6.20 Å². The first-order chi connectivity index (χ1) is 14.1. The van der Waals surface area contributed by atoms with Gasteiger partial charge in [-0.05, 0) is 37.7 Å². The Morgan fingerprint density at radius 1 is 1.24 bits per heavy atom. The molecule has 156 valence electrons. The minimum atomic E-state index is 0.0942. The third-order valence-corrected chi connectivity index (χ3v) is 7.03. The minimum Gasteiger partial charge on any atom is -0.396 e. The van der Waals surface area contributed by atoms with Gasteiger partial charge in [0.2, 0.25) is 0 Å². The Balaban J connectivity index is 1.41. The van der Waals surface area contributed by atoms with E-state index in [0.717, 1.165) is 63.4 Å². The average molecular weight is 397 g/mol. The molecule has 2 fully saturated rings. The van der Waals surface area contributed by atoms with E-state index in [1.165, 1.54) is 5.56 Å². The number of aliphatic hydroxyl groups excluding tert-OH is 1. The van der Waals surface area contributed by atoms with Crippen LogP contribution in [0.4, 0.5) is 0 Å². The van der Waals surface area contributed by atoms with Crippen molar-refractivity contribution < 1.29 is 9.90 Å². The maximum atomic E-state index is 13.0. The van der Waals surface area contributed by atoms with Crippen LogP contribution in [0.25, 0.3) is 0 Å². The van der Waals surface area contributed by atoms with Gasteiger partial charge in [0.1, 0.15) is 0 Å². The first-order valence-corrected chi connectivity index (χ1v) is 10.7. The average Bonchev–Trinajstić information content (AvgIpc) is 3.28. The van der Waals surface area contributed by atoms with Crippen LogP contribution in [0.3, 0.4) is 0 Å². The van der Waals surface area contributed by atoms with Crippen molar-refractivity contribution in [3.05, 3.63) is 53.3 Å². The largest absolute Gasteiger partial charge is 0.396 e. The molecule has 0 bridgehead atoms. The van der Waals surface area contributed by atoms with Crippen molar-refractivity contribution in [3.8, 4) is 0 Å². The van der Waals surface area contributed by atoms with Gasteiger partial charge in [-0.25, -0.2) is 0 Å². The molecule has 6 nitrogen and oxygen atoms in total. The summed E-state index contributed by atoms with van der Waals surface area (Å²) in [4.78, 5) is 17.5. The highest BCUT2D eigenvalue weighted by Gasteiger charge is 2.48. The molecule has 2 aromatic rings. The number of rotatable bonds is 5. The third-order valence-electron chi connectivity index (χ3n) is 7.03. The van der Waals surface area contributed by atoms with E-state index < -0.39 is 0 Å². The highest BCUT2D eigenvalue weighted by molar-refractivity contribution is 5.95. The van der Waals surface area contributed by atoms with Gasteiger partial charge in [-0.2, -0.15) is 5.10 Å². The Hall–Kier alpha value is -2.18. The highest BCUT2D eigenvalue weighted by atomic mass is 16.3. The van der Waals surface area contributed by atoms with Crippen molar-refractivity contribution in [1.29, 1.82) is 0 Å². The number of aromatic nitrogens is 2. The molecule has 1 unspecified atom stereocenters. The second-order valence-corrected chi connectivity index (χ2v) is 8.65. The molecule has 4 rings (SSSR count). The van der Waals surface area contributed by atoms with E-state index in [-0.39, 0.29) is 23.8 Å². The van der Waals surface area contributed by atoms with Crippen LogP contribution in [-0.4, -0.2) is 63.4 Å². The highest BCUT2D eigenvalue weighted by Crippen LogP contribution is 2.45. The van der Waals surface area contributed by atoms with Crippen LogP contribution in [0.5, 0.6) is 0 Å². The smallest absolute Gasteiger partial charge is 0.257 e. The summed E-state index contributed by atoms with van der Waals surface area (Å²) in [5, 5.41) is 14.4. The first kappa shape index (κ1) is 20.1. The summed E-state index contributed by atoms with van der Waals surface area (Å²) in [6.07, 6.45) is 3.62. The predicted molar refractivity (Wildman–Crippen MR) is 113 cm³/mol. The van der Waals surface area contributed by atoms with Crippen LogP contribution in [0.2, 0.25) is 0 Å². The first-order valence-electron chi connectivity index (χ1n) is 10.7. The van der Waals surface area contributed by atoms with Crippen LogP contribution in [-0.2, 0) is 13.1 Å². The zero-order valence-corrected chi connectivity index (χ0v) is 17.5. The number of likely N-dealkylation sites (tertiary alicyclic amines) is 2. The number of aliphatic hydroxyl groups is 1. The molecule has 3 heterocycles. The molecule has 1 aromatic carbocycles. The zero-order valence-electron chi connectivity index (χ0n) is 17.5. The fourth-order valence-corrected chi connectivity index (χ4v) is 5.22. The standard InChI is InChI=1S/C23H32N4O2/c1-3-27-18(2)21(13-24-27)22(29)26-11-9-23(10-12-26)17-25(15-20(23)16-28)14-19-7-5-4-6-8-19/h4-8,13,20,28H,3,9-12,14-17H2,1-2H3. The molecule has 1 aromatic heterocycles. The van der Waals surface area contributed by atoms with Crippen molar-refractivity contribution in [2.24, 2.45) is 11.3 Å². The number of carbonyl (C=O) groups excluding carboxylic acids is 1. The van der Waals surface area contributed by atoms with Gasteiger partial charge in [-0.1, -0.05) is 30.3 Å². The van der Waals surface area contributed by atoms with Gasteiger partial charge in [0.15, 0.2) is 0 Å². The maximum absolute atomic E-state index is 13.0. The maximum Gasteiger partial charge on any atom is 0.257 e. The van der Waals surface area contributed by atoms with Gasteiger partial charge in [0.25, 0.3) is 5.91 Å². The van der Waals surface area contributed by atoms with E-state index in [2.05, 4.69) is 34.3 Å². The fraction of sp³-hybridized carbons (Fsp3) is 0.565.